The van der Waals surface area contributed by atoms with Gasteiger partial charge in [-0.2, -0.15) is 4.31 Å². The summed E-state index contributed by atoms with van der Waals surface area (Å²) in [7, 11) is -1.33. The average Bonchev–Trinajstić information content (AvgIpc) is 2.78. The van der Waals surface area contributed by atoms with Crippen LogP contribution in [0.25, 0.3) is 0 Å². The van der Waals surface area contributed by atoms with Crippen molar-refractivity contribution >= 4 is 15.7 Å². The third kappa shape index (κ3) is 2.43. The highest BCUT2D eigenvalue weighted by Crippen LogP contribution is 2.29. The van der Waals surface area contributed by atoms with Crippen molar-refractivity contribution in [3.05, 3.63) is 23.8 Å². The Balaban J connectivity index is 1.87. The van der Waals surface area contributed by atoms with Crippen LogP contribution in [0.15, 0.2) is 23.1 Å². The summed E-state index contributed by atoms with van der Waals surface area (Å²) in [5.74, 6) is 0. The van der Waals surface area contributed by atoms with Gasteiger partial charge in [-0.1, -0.05) is 0 Å². The molecule has 0 saturated carbocycles. The molecule has 3 rings (SSSR count). The molecule has 1 aromatic rings. The van der Waals surface area contributed by atoms with Crippen LogP contribution < -0.4 is 5.32 Å². The second-order valence-electron chi connectivity index (χ2n) is 5.78. The van der Waals surface area contributed by atoms with E-state index in [2.05, 4.69) is 17.1 Å². The van der Waals surface area contributed by atoms with Gasteiger partial charge in [0.2, 0.25) is 10.0 Å². The summed E-state index contributed by atoms with van der Waals surface area (Å²) in [5, 5.41) is 3.35. The molecular weight excluding hydrogens is 274 g/mol. The van der Waals surface area contributed by atoms with Crippen LogP contribution in [-0.2, 0) is 16.4 Å². The molecule has 2 aliphatic heterocycles. The average molecular weight is 295 g/mol. The van der Waals surface area contributed by atoms with E-state index in [1.54, 1.807) is 10.4 Å². The topological polar surface area (TPSA) is 52.7 Å². The molecule has 1 N–H and O–H groups in total. The van der Waals surface area contributed by atoms with E-state index in [9.17, 15) is 8.42 Å². The number of rotatable bonds is 2. The minimum Gasteiger partial charge on any atom is -0.382 e. The molecule has 0 bridgehead atoms. The van der Waals surface area contributed by atoms with E-state index < -0.39 is 10.0 Å². The quantitative estimate of drug-likeness (QED) is 0.884. The number of hydrogen-bond donors (Lipinski definition) is 1. The summed E-state index contributed by atoms with van der Waals surface area (Å²) < 4.78 is 26.9. The number of nitrogens with one attached hydrogen (secondary N) is 1. The van der Waals surface area contributed by atoms with Crippen molar-refractivity contribution in [3.63, 3.8) is 0 Å². The highest BCUT2D eigenvalue weighted by molar-refractivity contribution is 7.89. The number of piperazine rings is 1. The number of sulfonamides is 1. The van der Waals surface area contributed by atoms with E-state index in [1.165, 1.54) is 0 Å². The van der Waals surface area contributed by atoms with Crippen LogP contribution in [0.2, 0.25) is 0 Å². The first-order valence-corrected chi connectivity index (χ1v) is 8.49. The third-order valence-corrected chi connectivity index (χ3v) is 6.00. The lowest BCUT2D eigenvalue weighted by Gasteiger charge is -2.31. The summed E-state index contributed by atoms with van der Waals surface area (Å²) >= 11 is 0. The van der Waals surface area contributed by atoms with Crippen molar-refractivity contribution < 1.29 is 8.42 Å². The van der Waals surface area contributed by atoms with E-state index in [4.69, 9.17) is 0 Å². The largest absolute Gasteiger partial charge is 0.382 e. The molecule has 0 aromatic heterocycles. The van der Waals surface area contributed by atoms with Crippen LogP contribution >= 0.6 is 0 Å². The van der Waals surface area contributed by atoms with Gasteiger partial charge in [0.15, 0.2) is 0 Å². The Morgan fingerprint density at radius 1 is 1.20 bits per heavy atom. The van der Waals surface area contributed by atoms with E-state index in [-0.39, 0.29) is 0 Å². The van der Waals surface area contributed by atoms with Crippen molar-refractivity contribution in [2.24, 2.45) is 0 Å². The van der Waals surface area contributed by atoms with Crippen LogP contribution in [0.3, 0.4) is 0 Å². The van der Waals surface area contributed by atoms with Gasteiger partial charge in [-0.05, 0) is 44.2 Å². The maximum absolute atomic E-state index is 12.7. The van der Waals surface area contributed by atoms with Crippen LogP contribution in [-0.4, -0.2) is 56.9 Å². The number of anilines is 1. The van der Waals surface area contributed by atoms with Crippen LogP contribution in [0.4, 0.5) is 5.69 Å². The molecular formula is C14H21N3O2S. The highest BCUT2D eigenvalue weighted by Gasteiger charge is 2.28. The van der Waals surface area contributed by atoms with Crippen molar-refractivity contribution in [1.82, 2.24) is 9.21 Å². The minimum absolute atomic E-state index is 0.381. The Morgan fingerprint density at radius 2 is 1.90 bits per heavy atom. The van der Waals surface area contributed by atoms with Gasteiger partial charge in [0.25, 0.3) is 0 Å². The molecule has 20 heavy (non-hydrogen) atoms. The number of fused-ring (bicyclic) bond motifs is 1. The van der Waals surface area contributed by atoms with Gasteiger partial charge in [0.1, 0.15) is 0 Å². The fourth-order valence-electron chi connectivity index (χ4n) is 2.86. The zero-order chi connectivity index (χ0) is 14.3. The monoisotopic (exact) mass is 295 g/mol. The SMILES string of the molecule is C[C@@H]1Cc2cc(S(=O)(=O)N3CCN(C)CC3)ccc2N1. The molecule has 1 fully saturated rings. The summed E-state index contributed by atoms with van der Waals surface area (Å²) in [6.45, 7) is 4.84. The lowest BCUT2D eigenvalue weighted by molar-refractivity contribution is 0.222. The summed E-state index contributed by atoms with van der Waals surface area (Å²) in [6, 6.07) is 5.82. The fourth-order valence-corrected chi connectivity index (χ4v) is 4.34. The molecule has 0 spiro atoms. The predicted octanol–water partition coefficient (Wildman–Crippen LogP) is 0.979. The summed E-state index contributed by atoms with van der Waals surface area (Å²) in [6.07, 6.45) is 0.890. The lowest BCUT2D eigenvalue weighted by Crippen LogP contribution is -2.47. The standard InChI is InChI=1S/C14H21N3O2S/c1-11-9-12-10-13(3-4-14(12)15-11)20(18,19)17-7-5-16(2)6-8-17/h3-4,10-11,15H,5-9H2,1-2H3/t11-/m1/s1. The van der Waals surface area contributed by atoms with E-state index in [0.717, 1.165) is 30.8 Å². The Bertz CT molecular complexity index is 607. The first kappa shape index (κ1) is 13.9. The van der Waals surface area contributed by atoms with E-state index in [0.29, 0.717) is 24.0 Å². The van der Waals surface area contributed by atoms with Gasteiger partial charge in [0, 0.05) is 37.9 Å². The van der Waals surface area contributed by atoms with Crippen molar-refractivity contribution in [2.45, 2.75) is 24.3 Å². The molecule has 0 radical (unpaired) electrons. The summed E-state index contributed by atoms with van der Waals surface area (Å²) in [5.41, 5.74) is 2.17. The zero-order valence-corrected chi connectivity index (χ0v) is 12.8. The van der Waals surface area contributed by atoms with Gasteiger partial charge >= 0.3 is 0 Å². The Hall–Kier alpha value is -1.11. The Kier molecular flexibility index (Phi) is 3.48. The molecule has 2 aliphatic rings. The van der Waals surface area contributed by atoms with Gasteiger partial charge in [0.05, 0.1) is 4.90 Å². The second kappa shape index (κ2) is 5.02. The van der Waals surface area contributed by atoms with Crippen LogP contribution in [0.5, 0.6) is 0 Å². The zero-order valence-electron chi connectivity index (χ0n) is 12.0. The molecule has 1 aromatic carbocycles. The second-order valence-corrected chi connectivity index (χ2v) is 7.71. The molecule has 5 nitrogen and oxygen atoms in total. The molecule has 1 atom stereocenters. The van der Waals surface area contributed by atoms with E-state index in [1.807, 2.05) is 19.2 Å². The van der Waals surface area contributed by atoms with E-state index >= 15 is 0 Å². The molecule has 0 unspecified atom stereocenters. The normalized spacial score (nSPS) is 24.4. The van der Waals surface area contributed by atoms with Gasteiger partial charge in [-0.3, -0.25) is 0 Å². The van der Waals surface area contributed by atoms with Crippen LogP contribution in [0, 0.1) is 0 Å². The van der Waals surface area contributed by atoms with Gasteiger partial charge < -0.3 is 10.2 Å². The maximum Gasteiger partial charge on any atom is 0.243 e. The maximum atomic E-state index is 12.7. The molecule has 6 heteroatoms. The molecule has 0 amide bonds. The third-order valence-electron chi connectivity index (χ3n) is 4.10. The molecule has 1 saturated heterocycles. The fraction of sp³-hybridized carbons (Fsp3) is 0.571. The van der Waals surface area contributed by atoms with Crippen molar-refractivity contribution in [3.8, 4) is 0 Å². The molecule has 110 valence electrons. The molecule has 2 heterocycles. The minimum atomic E-state index is -3.35. The number of benzene rings is 1. The van der Waals surface area contributed by atoms with Gasteiger partial charge in [-0.25, -0.2) is 8.42 Å². The first-order valence-electron chi connectivity index (χ1n) is 7.05. The smallest absolute Gasteiger partial charge is 0.243 e. The number of hydrogen-bond acceptors (Lipinski definition) is 4. The summed E-state index contributed by atoms with van der Waals surface area (Å²) in [4.78, 5) is 2.58. The number of likely N-dealkylation sites (N-methyl/N-ethyl adjacent to an activating group) is 1. The number of nitrogens with zero attached hydrogens (tertiary/aromatic N) is 2. The van der Waals surface area contributed by atoms with Crippen molar-refractivity contribution in [2.75, 3.05) is 38.5 Å². The highest BCUT2D eigenvalue weighted by atomic mass is 32.2. The first-order chi connectivity index (χ1) is 9.46. The Labute approximate surface area is 120 Å². The Morgan fingerprint density at radius 3 is 2.60 bits per heavy atom. The predicted molar refractivity (Wildman–Crippen MR) is 79.5 cm³/mol. The van der Waals surface area contributed by atoms with Crippen LogP contribution in [0.1, 0.15) is 12.5 Å². The van der Waals surface area contributed by atoms with Gasteiger partial charge in [-0.15, -0.1) is 0 Å². The molecule has 0 aliphatic carbocycles. The lowest BCUT2D eigenvalue weighted by atomic mass is 10.1. The van der Waals surface area contributed by atoms with Crippen molar-refractivity contribution in [1.29, 1.82) is 0 Å².